The molecule has 18 heavy (non-hydrogen) atoms. The van der Waals surface area contributed by atoms with Gasteiger partial charge in [-0.25, -0.2) is 4.79 Å². The van der Waals surface area contributed by atoms with E-state index in [9.17, 15) is 4.79 Å². The van der Waals surface area contributed by atoms with E-state index in [1.807, 2.05) is 44.2 Å². The first-order chi connectivity index (χ1) is 8.30. The standard InChI is InChI=1S/C15H21NO2/c1-11(2)14(17)18-13(15(3,4)16)10-12-8-6-5-7-9-12/h5-9,13H,1,10,16H2,2-4H3. The van der Waals surface area contributed by atoms with Crippen molar-refractivity contribution in [1.82, 2.24) is 0 Å². The van der Waals surface area contributed by atoms with Crippen molar-refractivity contribution in [2.75, 3.05) is 0 Å². The molecule has 0 heterocycles. The summed E-state index contributed by atoms with van der Waals surface area (Å²) in [7, 11) is 0. The molecule has 2 N–H and O–H groups in total. The number of hydrogen-bond acceptors (Lipinski definition) is 3. The minimum Gasteiger partial charge on any atom is -0.457 e. The van der Waals surface area contributed by atoms with Crippen LogP contribution in [0.4, 0.5) is 0 Å². The summed E-state index contributed by atoms with van der Waals surface area (Å²) in [4.78, 5) is 11.6. The Morgan fingerprint density at radius 1 is 1.39 bits per heavy atom. The third-order valence-corrected chi connectivity index (χ3v) is 2.69. The molecule has 0 amide bonds. The molecule has 1 unspecified atom stereocenters. The van der Waals surface area contributed by atoms with E-state index in [4.69, 9.17) is 10.5 Å². The van der Waals surface area contributed by atoms with Crippen molar-refractivity contribution in [3.63, 3.8) is 0 Å². The fourth-order valence-corrected chi connectivity index (χ4v) is 1.51. The molecule has 0 spiro atoms. The van der Waals surface area contributed by atoms with Crippen LogP contribution < -0.4 is 5.73 Å². The van der Waals surface area contributed by atoms with Crippen LogP contribution in [0.3, 0.4) is 0 Å². The van der Waals surface area contributed by atoms with Crippen LogP contribution >= 0.6 is 0 Å². The highest BCUT2D eigenvalue weighted by Gasteiger charge is 2.29. The van der Waals surface area contributed by atoms with Gasteiger partial charge in [0.15, 0.2) is 0 Å². The third-order valence-electron chi connectivity index (χ3n) is 2.69. The van der Waals surface area contributed by atoms with E-state index in [0.29, 0.717) is 12.0 Å². The highest BCUT2D eigenvalue weighted by atomic mass is 16.5. The van der Waals surface area contributed by atoms with E-state index in [2.05, 4.69) is 6.58 Å². The summed E-state index contributed by atoms with van der Waals surface area (Å²) in [5.74, 6) is -0.394. The highest BCUT2D eigenvalue weighted by Crippen LogP contribution is 2.17. The Hall–Kier alpha value is -1.61. The summed E-state index contributed by atoms with van der Waals surface area (Å²) < 4.78 is 5.42. The Morgan fingerprint density at radius 3 is 2.39 bits per heavy atom. The monoisotopic (exact) mass is 247 g/mol. The quantitative estimate of drug-likeness (QED) is 0.642. The van der Waals surface area contributed by atoms with Gasteiger partial charge in [-0.05, 0) is 26.3 Å². The second kappa shape index (κ2) is 5.83. The number of nitrogens with two attached hydrogens (primary N) is 1. The van der Waals surface area contributed by atoms with Gasteiger partial charge in [0, 0.05) is 17.5 Å². The second-order valence-electron chi connectivity index (χ2n) is 5.19. The number of rotatable bonds is 5. The first kappa shape index (κ1) is 14.5. The van der Waals surface area contributed by atoms with Gasteiger partial charge >= 0.3 is 5.97 Å². The van der Waals surface area contributed by atoms with Crippen LogP contribution in [0.15, 0.2) is 42.5 Å². The van der Waals surface area contributed by atoms with E-state index >= 15 is 0 Å². The molecule has 1 rings (SSSR count). The lowest BCUT2D eigenvalue weighted by Crippen LogP contribution is -2.48. The topological polar surface area (TPSA) is 52.3 Å². The average molecular weight is 247 g/mol. The zero-order valence-electron chi connectivity index (χ0n) is 11.3. The largest absolute Gasteiger partial charge is 0.457 e. The van der Waals surface area contributed by atoms with E-state index in [1.165, 1.54) is 0 Å². The summed E-state index contributed by atoms with van der Waals surface area (Å²) in [6.45, 7) is 8.92. The van der Waals surface area contributed by atoms with Crippen LogP contribution in [0.1, 0.15) is 26.3 Å². The number of carbonyl (C=O) groups is 1. The Morgan fingerprint density at radius 2 is 1.94 bits per heavy atom. The van der Waals surface area contributed by atoms with Crippen LogP contribution in [0.5, 0.6) is 0 Å². The molecule has 0 fully saturated rings. The highest BCUT2D eigenvalue weighted by molar-refractivity contribution is 5.87. The molecule has 1 atom stereocenters. The van der Waals surface area contributed by atoms with Gasteiger partial charge in [0.25, 0.3) is 0 Å². The average Bonchev–Trinajstić information content (AvgIpc) is 2.28. The molecule has 3 heteroatoms. The number of hydrogen-bond donors (Lipinski definition) is 1. The Bertz CT molecular complexity index is 418. The predicted molar refractivity (Wildman–Crippen MR) is 73.1 cm³/mol. The Balaban J connectivity index is 2.80. The predicted octanol–water partition coefficient (Wildman–Crippen LogP) is 2.45. The molecular weight excluding hydrogens is 226 g/mol. The smallest absolute Gasteiger partial charge is 0.333 e. The summed E-state index contributed by atoms with van der Waals surface area (Å²) in [6, 6.07) is 9.85. The van der Waals surface area contributed by atoms with Gasteiger partial charge < -0.3 is 10.5 Å². The molecule has 0 saturated carbocycles. The number of esters is 1. The lowest BCUT2D eigenvalue weighted by molar-refractivity contribution is -0.147. The zero-order valence-corrected chi connectivity index (χ0v) is 11.3. The number of ether oxygens (including phenoxy) is 1. The first-order valence-corrected chi connectivity index (χ1v) is 6.00. The van der Waals surface area contributed by atoms with E-state index in [-0.39, 0.29) is 6.10 Å². The van der Waals surface area contributed by atoms with Crippen molar-refractivity contribution in [2.45, 2.75) is 38.8 Å². The van der Waals surface area contributed by atoms with E-state index < -0.39 is 11.5 Å². The van der Waals surface area contributed by atoms with Gasteiger partial charge in [-0.1, -0.05) is 36.9 Å². The molecule has 0 aliphatic rings. The van der Waals surface area contributed by atoms with E-state index in [1.54, 1.807) is 6.92 Å². The van der Waals surface area contributed by atoms with Crippen molar-refractivity contribution in [1.29, 1.82) is 0 Å². The molecule has 3 nitrogen and oxygen atoms in total. The normalized spacial score (nSPS) is 12.9. The molecule has 0 aliphatic carbocycles. The van der Waals surface area contributed by atoms with Crippen LogP contribution in [0.2, 0.25) is 0 Å². The van der Waals surface area contributed by atoms with Crippen molar-refractivity contribution in [3.8, 4) is 0 Å². The SMILES string of the molecule is C=C(C)C(=O)OC(Cc1ccccc1)C(C)(C)N. The van der Waals surface area contributed by atoms with Crippen molar-refractivity contribution in [2.24, 2.45) is 5.73 Å². The fraction of sp³-hybridized carbons (Fsp3) is 0.400. The summed E-state index contributed by atoms with van der Waals surface area (Å²) in [5, 5.41) is 0. The molecule has 0 bridgehead atoms. The molecule has 1 aromatic carbocycles. The summed E-state index contributed by atoms with van der Waals surface area (Å²) in [5.41, 5.74) is 6.95. The summed E-state index contributed by atoms with van der Waals surface area (Å²) >= 11 is 0. The molecule has 0 saturated heterocycles. The van der Waals surface area contributed by atoms with Crippen LogP contribution in [-0.2, 0) is 16.0 Å². The third kappa shape index (κ3) is 4.34. The van der Waals surface area contributed by atoms with Crippen molar-refractivity contribution in [3.05, 3.63) is 48.0 Å². The van der Waals surface area contributed by atoms with Crippen molar-refractivity contribution >= 4 is 5.97 Å². The van der Waals surface area contributed by atoms with E-state index in [0.717, 1.165) is 5.56 Å². The van der Waals surface area contributed by atoms with Gasteiger partial charge in [-0.3, -0.25) is 0 Å². The zero-order chi connectivity index (χ0) is 13.8. The number of carbonyl (C=O) groups excluding carboxylic acids is 1. The van der Waals surface area contributed by atoms with Crippen LogP contribution in [0.25, 0.3) is 0 Å². The minimum atomic E-state index is -0.596. The van der Waals surface area contributed by atoms with Gasteiger partial charge in [0.1, 0.15) is 6.10 Å². The summed E-state index contributed by atoms with van der Waals surface area (Å²) in [6.07, 6.45) is 0.229. The molecular formula is C15H21NO2. The molecule has 1 aromatic rings. The van der Waals surface area contributed by atoms with Crippen LogP contribution in [-0.4, -0.2) is 17.6 Å². The first-order valence-electron chi connectivity index (χ1n) is 6.00. The maximum atomic E-state index is 11.6. The molecule has 98 valence electrons. The van der Waals surface area contributed by atoms with Gasteiger partial charge in [-0.2, -0.15) is 0 Å². The van der Waals surface area contributed by atoms with Gasteiger partial charge in [0.2, 0.25) is 0 Å². The van der Waals surface area contributed by atoms with Gasteiger partial charge in [0.05, 0.1) is 0 Å². The minimum absolute atomic E-state index is 0.371. The lowest BCUT2D eigenvalue weighted by Gasteiger charge is -2.30. The molecule has 0 radical (unpaired) electrons. The lowest BCUT2D eigenvalue weighted by atomic mass is 9.92. The van der Waals surface area contributed by atoms with Gasteiger partial charge in [-0.15, -0.1) is 0 Å². The molecule has 0 aromatic heterocycles. The molecule has 0 aliphatic heterocycles. The maximum Gasteiger partial charge on any atom is 0.333 e. The Labute approximate surface area is 109 Å². The maximum absolute atomic E-state index is 11.6. The number of benzene rings is 1. The Kier molecular flexibility index (Phi) is 4.68. The van der Waals surface area contributed by atoms with Crippen molar-refractivity contribution < 1.29 is 9.53 Å². The van der Waals surface area contributed by atoms with Crippen LogP contribution in [0, 0.1) is 0 Å². The fourth-order valence-electron chi connectivity index (χ4n) is 1.51. The second-order valence-corrected chi connectivity index (χ2v) is 5.19.